The molecule has 1 unspecified atom stereocenters. The lowest BCUT2D eigenvalue weighted by atomic mass is 10.2. The molecule has 0 aliphatic rings. The second-order valence-electron chi connectivity index (χ2n) is 3.63. The summed E-state index contributed by atoms with van der Waals surface area (Å²) in [5.41, 5.74) is 0.326. The summed E-state index contributed by atoms with van der Waals surface area (Å²) < 4.78 is 6.77. The van der Waals surface area contributed by atoms with Crippen LogP contribution in [-0.4, -0.2) is 52.7 Å². The summed E-state index contributed by atoms with van der Waals surface area (Å²) >= 11 is 1.76. The van der Waals surface area contributed by atoms with Crippen LogP contribution >= 0.6 is 11.8 Å². The quantitative estimate of drug-likeness (QED) is 0.762. The lowest BCUT2D eigenvalue weighted by molar-refractivity contribution is 0.0816. The molecule has 17 heavy (non-hydrogen) atoms. The number of hydrogen-bond acceptors (Lipinski definition) is 5. The Hall–Kier alpha value is -1.08. The zero-order valence-electron chi connectivity index (χ0n) is 10.3. The van der Waals surface area contributed by atoms with E-state index >= 15 is 0 Å². The van der Waals surface area contributed by atoms with Crippen molar-refractivity contribution in [2.45, 2.75) is 12.5 Å². The number of carbonyl (C=O) groups is 1. The maximum atomic E-state index is 11.7. The summed E-state index contributed by atoms with van der Waals surface area (Å²) in [6.07, 6.45) is 4.59. The maximum absolute atomic E-state index is 11.7. The van der Waals surface area contributed by atoms with Crippen molar-refractivity contribution in [2.75, 3.05) is 25.7 Å². The van der Waals surface area contributed by atoms with E-state index in [9.17, 15) is 4.79 Å². The Morgan fingerprint density at radius 2 is 2.47 bits per heavy atom. The van der Waals surface area contributed by atoms with Gasteiger partial charge in [-0.2, -0.15) is 11.8 Å². The van der Waals surface area contributed by atoms with Gasteiger partial charge in [0.2, 0.25) is 0 Å². The molecule has 1 amide bonds. The number of nitrogens with zero attached hydrogens (tertiary/aromatic N) is 3. The van der Waals surface area contributed by atoms with E-state index < -0.39 is 0 Å². The van der Waals surface area contributed by atoms with Gasteiger partial charge in [-0.15, -0.1) is 5.10 Å². The van der Waals surface area contributed by atoms with Gasteiger partial charge in [-0.25, -0.2) is 0 Å². The minimum absolute atomic E-state index is 0.0445. The van der Waals surface area contributed by atoms with Crippen molar-refractivity contribution >= 4 is 17.7 Å². The van der Waals surface area contributed by atoms with Crippen LogP contribution in [0.1, 0.15) is 16.9 Å². The minimum Gasteiger partial charge on any atom is -0.380 e. The molecule has 1 atom stereocenters. The van der Waals surface area contributed by atoms with Gasteiger partial charge in [-0.3, -0.25) is 9.48 Å². The van der Waals surface area contributed by atoms with Crippen molar-refractivity contribution in [3.63, 3.8) is 0 Å². The van der Waals surface area contributed by atoms with Gasteiger partial charge in [0.15, 0.2) is 5.69 Å². The monoisotopic (exact) mass is 258 g/mol. The molecule has 7 heteroatoms. The fourth-order valence-corrected chi connectivity index (χ4v) is 1.80. The third kappa shape index (κ3) is 4.74. The molecule has 0 spiro atoms. The number of ether oxygens (including phenoxy) is 1. The molecule has 6 nitrogen and oxygen atoms in total. The van der Waals surface area contributed by atoms with Crippen LogP contribution in [0.3, 0.4) is 0 Å². The van der Waals surface area contributed by atoms with E-state index in [1.165, 1.54) is 4.68 Å². The predicted molar refractivity (Wildman–Crippen MR) is 67.1 cm³/mol. The average Bonchev–Trinajstić information content (AvgIpc) is 2.76. The predicted octanol–water partition coefficient (Wildman–Crippen LogP) is 0.313. The third-order valence-corrected chi connectivity index (χ3v) is 2.95. The van der Waals surface area contributed by atoms with Crippen LogP contribution in [-0.2, 0) is 11.8 Å². The van der Waals surface area contributed by atoms with E-state index in [4.69, 9.17) is 4.74 Å². The van der Waals surface area contributed by atoms with Crippen molar-refractivity contribution in [2.24, 2.45) is 7.05 Å². The fourth-order valence-electron chi connectivity index (χ4n) is 1.30. The van der Waals surface area contributed by atoms with E-state index in [0.29, 0.717) is 12.2 Å². The van der Waals surface area contributed by atoms with Crippen LogP contribution in [0.5, 0.6) is 0 Å². The van der Waals surface area contributed by atoms with E-state index in [-0.39, 0.29) is 12.0 Å². The molecule has 0 saturated heterocycles. The maximum Gasteiger partial charge on any atom is 0.273 e. The van der Waals surface area contributed by atoms with E-state index in [1.807, 2.05) is 6.26 Å². The van der Waals surface area contributed by atoms with Crippen molar-refractivity contribution in [1.29, 1.82) is 0 Å². The Kier molecular flexibility index (Phi) is 5.99. The second-order valence-corrected chi connectivity index (χ2v) is 4.61. The van der Waals surface area contributed by atoms with Gasteiger partial charge in [0, 0.05) is 20.7 Å². The number of aromatic nitrogens is 3. The Morgan fingerprint density at radius 3 is 3.00 bits per heavy atom. The molecule has 96 valence electrons. The molecule has 1 heterocycles. The largest absolute Gasteiger partial charge is 0.380 e. The van der Waals surface area contributed by atoms with Crippen LogP contribution in [0.15, 0.2) is 6.20 Å². The zero-order valence-corrected chi connectivity index (χ0v) is 11.2. The van der Waals surface area contributed by atoms with Gasteiger partial charge in [0.05, 0.1) is 12.3 Å². The second kappa shape index (κ2) is 7.29. The molecule has 0 radical (unpaired) electrons. The molecule has 0 fully saturated rings. The van der Waals surface area contributed by atoms with Crippen molar-refractivity contribution in [1.82, 2.24) is 20.3 Å². The first kappa shape index (κ1) is 14.0. The van der Waals surface area contributed by atoms with Crippen molar-refractivity contribution in [3.8, 4) is 0 Å². The Labute approximate surface area is 105 Å². The molecule has 1 aromatic heterocycles. The highest BCUT2D eigenvalue weighted by Crippen LogP contribution is 2.03. The molecule has 0 aromatic carbocycles. The normalized spacial score (nSPS) is 12.4. The summed E-state index contributed by atoms with van der Waals surface area (Å²) in [7, 11) is 3.37. The smallest absolute Gasteiger partial charge is 0.273 e. The first-order valence-corrected chi connectivity index (χ1v) is 6.73. The molecule has 0 aliphatic heterocycles. The first-order valence-electron chi connectivity index (χ1n) is 5.33. The Morgan fingerprint density at radius 1 is 1.71 bits per heavy atom. The zero-order chi connectivity index (χ0) is 12.7. The lowest BCUT2D eigenvalue weighted by Crippen LogP contribution is -2.33. The summed E-state index contributed by atoms with van der Waals surface area (Å²) in [6.45, 7) is 0.493. The van der Waals surface area contributed by atoms with Crippen LogP contribution in [0.2, 0.25) is 0 Å². The van der Waals surface area contributed by atoms with Crippen LogP contribution in [0, 0.1) is 0 Å². The summed E-state index contributed by atoms with van der Waals surface area (Å²) in [5, 5.41) is 10.2. The standard InChI is InChI=1S/C10H18N4O2S/c1-14-7-9(12-13-14)10(15)11-6-8(16-2)4-5-17-3/h7-8H,4-6H2,1-3H3,(H,11,15). The molecule has 1 aromatic rings. The van der Waals surface area contributed by atoms with Crippen molar-refractivity contribution in [3.05, 3.63) is 11.9 Å². The SMILES string of the molecule is COC(CCSC)CNC(=O)c1cn(C)nn1. The molecular weight excluding hydrogens is 240 g/mol. The molecule has 1 rings (SSSR count). The topological polar surface area (TPSA) is 69.0 Å². The summed E-state index contributed by atoms with van der Waals surface area (Å²) in [6, 6.07) is 0. The van der Waals surface area contributed by atoms with Gasteiger partial charge in [-0.05, 0) is 18.4 Å². The van der Waals surface area contributed by atoms with Crippen LogP contribution in [0.25, 0.3) is 0 Å². The first-order chi connectivity index (χ1) is 8.17. The van der Waals surface area contributed by atoms with Gasteiger partial charge in [0.25, 0.3) is 5.91 Å². The van der Waals surface area contributed by atoms with E-state index in [2.05, 4.69) is 15.6 Å². The highest BCUT2D eigenvalue weighted by molar-refractivity contribution is 7.98. The molecule has 1 N–H and O–H groups in total. The van der Waals surface area contributed by atoms with Crippen LogP contribution < -0.4 is 5.32 Å². The number of carbonyl (C=O) groups excluding carboxylic acids is 1. The molecule has 0 bridgehead atoms. The van der Waals surface area contributed by atoms with Crippen molar-refractivity contribution < 1.29 is 9.53 Å². The highest BCUT2D eigenvalue weighted by atomic mass is 32.2. The minimum atomic E-state index is -0.218. The van der Waals surface area contributed by atoms with Gasteiger partial charge in [0.1, 0.15) is 0 Å². The van der Waals surface area contributed by atoms with E-state index in [1.54, 1.807) is 32.1 Å². The lowest BCUT2D eigenvalue weighted by Gasteiger charge is -2.14. The summed E-state index contributed by atoms with van der Waals surface area (Å²) in [4.78, 5) is 11.7. The average molecular weight is 258 g/mol. The number of aryl methyl sites for hydroxylation is 1. The third-order valence-electron chi connectivity index (χ3n) is 2.30. The van der Waals surface area contributed by atoms with E-state index in [0.717, 1.165) is 12.2 Å². The summed E-state index contributed by atoms with van der Waals surface area (Å²) in [5.74, 6) is 0.795. The molecule has 0 aliphatic carbocycles. The number of rotatable bonds is 7. The number of amides is 1. The van der Waals surface area contributed by atoms with Gasteiger partial charge < -0.3 is 10.1 Å². The molecular formula is C10H18N4O2S. The van der Waals surface area contributed by atoms with Crippen LogP contribution in [0.4, 0.5) is 0 Å². The Bertz CT molecular complexity index is 356. The number of hydrogen-bond donors (Lipinski definition) is 1. The highest BCUT2D eigenvalue weighted by Gasteiger charge is 2.12. The van der Waals surface area contributed by atoms with Gasteiger partial charge >= 0.3 is 0 Å². The number of methoxy groups -OCH3 is 1. The number of nitrogens with one attached hydrogen (secondary N) is 1. The van der Waals surface area contributed by atoms with Gasteiger partial charge in [-0.1, -0.05) is 5.21 Å². The Balaban J connectivity index is 2.36. The molecule has 0 saturated carbocycles. The number of thioether (sulfide) groups is 1. The fraction of sp³-hybridized carbons (Fsp3) is 0.700.